The Hall–Kier alpha value is -3.60. The molecular weight excluding hydrogens is 427 g/mol. The van der Waals surface area contributed by atoms with Crippen molar-refractivity contribution in [3.63, 3.8) is 0 Å². The first-order valence-corrected chi connectivity index (χ1v) is 11.2. The van der Waals surface area contributed by atoms with E-state index in [1.54, 1.807) is 19.1 Å². The van der Waals surface area contributed by atoms with E-state index in [-0.39, 0.29) is 30.5 Å². The molecule has 0 bridgehead atoms. The second-order valence-corrected chi connectivity index (χ2v) is 8.76. The van der Waals surface area contributed by atoms with Crippen molar-refractivity contribution >= 4 is 28.7 Å². The second kappa shape index (κ2) is 8.64. The number of nitrogens with zero attached hydrogens (tertiary/aromatic N) is 4. The van der Waals surface area contributed by atoms with Crippen molar-refractivity contribution in [2.45, 2.75) is 13.5 Å². The van der Waals surface area contributed by atoms with Gasteiger partial charge in [0.15, 0.2) is 5.69 Å². The van der Waals surface area contributed by atoms with Crippen molar-refractivity contribution in [1.29, 1.82) is 0 Å². The first-order valence-electron chi connectivity index (χ1n) is 9.50. The normalized spacial score (nSPS) is 14.3. The van der Waals surface area contributed by atoms with Crippen LogP contribution in [0.1, 0.15) is 21.8 Å². The van der Waals surface area contributed by atoms with Gasteiger partial charge in [-0.05, 0) is 43.0 Å². The summed E-state index contributed by atoms with van der Waals surface area (Å²) in [4.78, 5) is 36.9. The quantitative estimate of drug-likeness (QED) is 0.426. The van der Waals surface area contributed by atoms with Crippen LogP contribution in [-0.2, 0) is 16.2 Å². The number of hydrogen-bond donors (Lipinski definition) is 0. The Kier molecular flexibility index (Phi) is 5.76. The third kappa shape index (κ3) is 4.31. The molecule has 2 amide bonds. The predicted octanol–water partition coefficient (Wildman–Crippen LogP) is 1.33. The molecule has 0 aliphatic carbocycles. The van der Waals surface area contributed by atoms with Gasteiger partial charge in [0.2, 0.25) is 11.0 Å². The van der Waals surface area contributed by atoms with E-state index >= 15 is 0 Å². The second-order valence-electron chi connectivity index (χ2n) is 6.91. The van der Waals surface area contributed by atoms with Crippen molar-refractivity contribution in [1.82, 2.24) is 20.3 Å². The summed E-state index contributed by atoms with van der Waals surface area (Å²) in [7, 11) is 0. The van der Waals surface area contributed by atoms with Crippen molar-refractivity contribution < 1.29 is 28.0 Å². The molecule has 9 nitrogen and oxygen atoms in total. The van der Waals surface area contributed by atoms with Crippen LogP contribution in [0.2, 0.25) is 0 Å². The third-order valence-corrected chi connectivity index (χ3v) is 6.27. The van der Waals surface area contributed by atoms with E-state index in [9.17, 15) is 18.8 Å². The average molecular weight is 446 g/mol. The van der Waals surface area contributed by atoms with Gasteiger partial charge in [-0.2, -0.15) is 0 Å². The van der Waals surface area contributed by atoms with Gasteiger partial charge in [-0.3, -0.25) is 19.3 Å². The van der Waals surface area contributed by atoms with Gasteiger partial charge in [0, 0.05) is 18.2 Å². The van der Waals surface area contributed by atoms with E-state index in [2.05, 4.69) is 15.4 Å². The number of benzene rings is 1. The average Bonchev–Trinajstić information content (AvgIpc) is 3.15. The fourth-order valence-electron chi connectivity index (χ4n) is 3.14. The molecule has 0 atom stereocenters. The molecule has 2 aromatic heterocycles. The maximum atomic E-state index is 13.2. The zero-order chi connectivity index (χ0) is 22.0. The zero-order valence-electron chi connectivity index (χ0n) is 16.5. The van der Waals surface area contributed by atoms with Gasteiger partial charge in [-0.15, -0.1) is 10.2 Å². The van der Waals surface area contributed by atoms with Crippen LogP contribution >= 0.6 is 11.8 Å². The van der Waals surface area contributed by atoms with E-state index in [0.717, 1.165) is 4.90 Å². The standard InChI is InChI=1S/C20H19FN4O5S/c1-11-14(17(24-30-11)12-2-4-13(21)5-3-12)10-29-16-7-6-15(22-23-16)18(26)25-8-9-31-20(28)19(25)27/h2-7H,8-10H2,1H3,31H4. The fourth-order valence-corrected chi connectivity index (χ4v) is 4.34. The molecule has 0 radical (unpaired) electrons. The highest BCUT2D eigenvalue weighted by Gasteiger charge is 2.31. The molecule has 0 saturated carbocycles. The van der Waals surface area contributed by atoms with E-state index in [0.29, 0.717) is 28.3 Å². The van der Waals surface area contributed by atoms with Gasteiger partial charge in [-0.25, -0.2) is 16.2 Å². The summed E-state index contributed by atoms with van der Waals surface area (Å²) in [6.45, 7) is 2.02. The van der Waals surface area contributed by atoms with Crippen LogP contribution in [0.3, 0.4) is 0 Å². The minimum atomic E-state index is -1.09. The molecule has 0 N–H and O–H groups in total. The summed E-state index contributed by atoms with van der Waals surface area (Å²) in [6.07, 6.45) is 0. The van der Waals surface area contributed by atoms with Crippen LogP contribution in [0, 0.1) is 12.7 Å². The summed E-state index contributed by atoms with van der Waals surface area (Å²) >= 11 is -1.09. The Morgan fingerprint density at radius 3 is 2.68 bits per heavy atom. The number of hydrogen-bond acceptors (Lipinski definition) is 8. The summed E-state index contributed by atoms with van der Waals surface area (Å²) in [5.74, 6) is -0.517. The monoisotopic (exact) mass is 446 g/mol. The van der Waals surface area contributed by atoms with Crippen LogP contribution in [0.5, 0.6) is 5.88 Å². The molecule has 0 unspecified atom stereocenters. The summed E-state index contributed by atoms with van der Waals surface area (Å²) in [6, 6.07) is 8.67. The van der Waals surface area contributed by atoms with E-state index in [4.69, 9.17) is 9.26 Å². The highest BCUT2D eigenvalue weighted by atomic mass is 32.2. The number of ether oxygens (including phenoxy) is 1. The molecule has 0 spiro atoms. The van der Waals surface area contributed by atoms with E-state index in [1.807, 2.05) is 0 Å². The van der Waals surface area contributed by atoms with Gasteiger partial charge >= 0.3 is 5.91 Å². The summed E-state index contributed by atoms with van der Waals surface area (Å²) < 4.78 is 24.1. The molecule has 4 rings (SSSR count). The maximum Gasteiger partial charge on any atom is 0.304 e. The van der Waals surface area contributed by atoms with Gasteiger partial charge in [0.25, 0.3) is 5.91 Å². The Balaban J connectivity index is 1.45. The summed E-state index contributed by atoms with van der Waals surface area (Å²) in [5.41, 5.74) is 1.81. The van der Waals surface area contributed by atoms with Crippen LogP contribution in [0.15, 0.2) is 40.9 Å². The smallest absolute Gasteiger partial charge is 0.304 e. The first kappa shape index (κ1) is 20.7. The number of amides is 2. The molecule has 1 fully saturated rings. The Labute approximate surface area is 179 Å². The van der Waals surface area contributed by atoms with Gasteiger partial charge in [-0.1, -0.05) is 5.16 Å². The van der Waals surface area contributed by atoms with Crippen LogP contribution in [0.25, 0.3) is 11.3 Å². The molecule has 162 valence electrons. The molecular formula is C20H19FN4O5S. The summed E-state index contributed by atoms with van der Waals surface area (Å²) in [5, 5.41) is 11.3. The highest BCUT2D eigenvalue weighted by molar-refractivity contribution is 8.15. The number of aromatic nitrogens is 3. The molecule has 31 heavy (non-hydrogen) atoms. The molecule has 1 aliphatic rings. The highest BCUT2D eigenvalue weighted by Crippen LogP contribution is 2.26. The molecule has 11 heteroatoms. The van der Waals surface area contributed by atoms with Gasteiger partial charge in [0.05, 0.1) is 5.56 Å². The molecule has 3 aromatic rings. The van der Waals surface area contributed by atoms with Crippen LogP contribution < -0.4 is 4.74 Å². The molecule has 1 saturated heterocycles. The minimum absolute atomic E-state index is 0.0507. The Morgan fingerprint density at radius 1 is 1.19 bits per heavy atom. The fraction of sp³-hybridized carbons (Fsp3) is 0.200. The lowest BCUT2D eigenvalue weighted by molar-refractivity contribution is -0.138. The lowest BCUT2D eigenvalue weighted by Crippen LogP contribution is -2.45. The number of carbonyl (C=O) groups is 3. The molecule has 1 aliphatic heterocycles. The van der Waals surface area contributed by atoms with E-state index in [1.165, 1.54) is 24.3 Å². The van der Waals surface area contributed by atoms with Crippen molar-refractivity contribution in [2.24, 2.45) is 0 Å². The first-order chi connectivity index (χ1) is 14.9. The Morgan fingerprint density at radius 2 is 1.97 bits per heavy atom. The predicted molar refractivity (Wildman–Crippen MR) is 112 cm³/mol. The molecule has 3 heterocycles. The number of halogens is 1. The Bertz CT molecular complexity index is 1150. The van der Waals surface area contributed by atoms with Gasteiger partial charge < -0.3 is 9.26 Å². The minimum Gasteiger partial charge on any atom is -0.472 e. The lowest BCUT2D eigenvalue weighted by Gasteiger charge is -2.24. The van der Waals surface area contributed by atoms with Crippen molar-refractivity contribution in [3.05, 3.63) is 59.2 Å². The largest absolute Gasteiger partial charge is 0.472 e. The van der Waals surface area contributed by atoms with Crippen molar-refractivity contribution in [2.75, 3.05) is 12.3 Å². The van der Waals surface area contributed by atoms with E-state index < -0.39 is 28.7 Å². The number of carbonyl (C=O) groups excluding carboxylic acids is 3. The number of aryl methyl sites for hydroxylation is 1. The van der Waals surface area contributed by atoms with Crippen molar-refractivity contribution in [3.8, 4) is 17.1 Å². The molecule has 1 aromatic carbocycles. The third-order valence-electron chi connectivity index (χ3n) is 4.84. The zero-order valence-corrected chi connectivity index (χ0v) is 17.9. The van der Waals surface area contributed by atoms with Crippen LogP contribution in [0.4, 0.5) is 4.39 Å². The van der Waals surface area contributed by atoms with Gasteiger partial charge in [0.1, 0.15) is 23.9 Å². The number of imide groups is 1. The lowest BCUT2D eigenvalue weighted by atomic mass is 10.1. The topological polar surface area (TPSA) is 115 Å². The van der Waals surface area contributed by atoms with Crippen LogP contribution in [-0.4, -0.2) is 49.5 Å². The maximum absolute atomic E-state index is 13.2. The number of rotatable bonds is 5. The SMILES string of the molecule is Cc1onc(-c2ccc(F)cc2)c1COc1ccc(C(=O)N2CC[SH4]C(=O)C2=O)nn1.